The van der Waals surface area contributed by atoms with E-state index >= 15 is 0 Å². The van der Waals surface area contributed by atoms with Gasteiger partial charge in [0.1, 0.15) is 23.9 Å². The molecule has 0 fully saturated rings. The number of benzene rings is 1. The van der Waals surface area contributed by atoms with E-state index in [-0.39, 0.29) is 6.61 Å². The third-order valence-electron chi connectivity index (χ3n) is 4.57. The summed E-state index contributed by atoms with van der Waals surface area (Å²) in [6, 6.07) is 10.1. The van der Waals surface area contributed by atoms with Crippen molar-refractivity contribution in [1.29, 1.82) is 0 Å². The summed E-state index contributed by atoms with van der Waals surface area (Å²) < 4.78 is 62.0. The van der Waals surface area contributed by atoms with Gasteiger partial charge in [0.05, 0.1) is 24.1 Å². The van der Waals surface area contributed by atoms with Crippen LogP contribution in [0.2, 0.25) is 0 Å². The third kappa shape index (κ3) is 4.69. The summed E-state index contributed by atoms with van der Waals surface area (Å²) in [7, 11) is 1.50. The molecule has 1 aromatic carbocycles. The van der Waals surface area contributed by atoms with Gasteiger partial charge in [0.25, 0.3) is 0 Å². The van der Waals surface area contributed by atoms with Gasteiger partial charge in [-0.15, -0.1) is 0 Å². The molecular formula is C22H16F4N4O2. The third-order valence-corrected chi connectivity index (χ3v) is 4.57. The van der Waals surface area contributed by atoms with Crippen LogP contribution in [0, 0.1) is 5.95 Å². The molecule has 3 aromatic heterocycles. The van der Waals surface area contributed by atoms with Gasteiger partial charge in [-0.25, -0.2) is 9.97 Å². The van der Waals surface area contributed by atoms with Gasteiger partial charge < -0.3 is 14.5 Å². The van der Waals surface area contributed by atoms with Crippen molar-refractivity contribution in [1.82, 2.24) is 19.9 Å². The maximum Gasteiger partial charge on any atom is 0.417 e. The molecule has 0 spiro atoms. The summed E-state index contributed by atoms with van der Waals surface area (Å²) in [6.45, 7) is -0.00917. The molecule has 164 valence electrons. The predicted molar refractivity (Wildman–Crippen MR) is 107 cm³/mol. The van der Waals surface area contributed by atoms with Crippen LogP contribution in [0.25, 0.3) is 22.6 Å². The molecule has 0 radical (unpaired) electrons. The topological polar surface area (TPSA) is 72.9 Å². The number of ether oxygens (including phenoxy) is 2. The van der Waals surface area contributed by atoms with Crippen LogP contribution in [0.15, 0.2) is 61.1 Å². The van der Waals surface area contributed by atoms with Crippen LogP contribution < -0.4 is 9.47 Å². The van der Waals surface area contributed by atoms with Crippen molar-refractivity contribution in [2.45, 2.75) is 12.8 Å². The molecule has 3 heterocycles. The van der Waals surface area contributed by atoms with Gasteiger partial charge in [0.15, 0.2) is 0 Å². The Morgan fingerprint density at radius 1 is 1.00 bits per heavy atom. The van der Waals surface area contributed by atoms with Crippen molar-refractivity contribution < 1.29 is 27.0 Å². The van der Waals surface area contributed by atoms with E-state index in [1.165, 1.54) is 25.4 Å². The zero-order chi connectivity index (χ0) is 22.7. The van der Waals surface area contributed by atoms with Gasteiger partial charge in [0, 0.05) is 35.8 Å². The van der Waals surface area contributed by atoms with Gasteiger partial charge in [-0.1, -0.05) is 0 Å². The highest BCUT2D eigenvalue weighted by Crippen LogP contribution is 2.34. The number of pyridine rings is 2. The number of hydrogen-bond acceptors (Lipinski definition) is 5. The summed E-state index contributed by atoms with van der Waals surface area (Å²) in [5, 5.41) is 0. The highest BCUT2D eigenvalue weighted by atomic mass is 19.4. The first-order chi connectivity index (χ1) is 15.3. The Kier molecular flexibility index (Phi) is 5.76. The summed E-state index contributed by atoms with van der Waals surface area (Å²) in [5.74, 6) is 0.872. The minimum Gasteiger partial charge on any atom is -0.496 e. The molecule has 10 heteroatoms. The molecule has 0 unspecified atom stereocenters. The number of hydrogen-bond donors (Lipinski definition) is 1. The lowest BCUT2D eigenvalue weighted by molar-refractivity contribution is -0.137. The second kappa shape index (κ2) is 8.66. The zero-order valence-electron chi connectivity index (χ0n) is 16.7. The van der Waals surface area contributed by atoms with Crippen LogP contribution in [-0.4, -0.2) is 27.0 Å². The highest BCUT2D eigenvalue weighted by Gasteiger charge is 2.30. The maximum atomic E-state index is 13.0. The average Bonchev–Trinajstić information content (AvgIpc) is 3.27. The molecular weight excluding hydrogens is 428 g/mol. The Bertz CT molecular complexity index is 1210. The van der Waals surface area contributed by atoms with Gasteiger partial charge in [-0.05, 0) is 36.4 Å². The smallest absolute Gasteiger partial charge is 0.417 e. The number of imidazole rings is 1. The van der Waals surface area contributed by atoms with Gasteiger partial charge >= 0.3 is 6.18 Å². The Balaban J connectivity index is 1.49. The van der Waals surface area contributed by atoms with Crippen LogP contribution in [0.3, 0.4) is 0 Å². The fraction of sp³-hybridized carbons (Fsp3) is 0.136. The number of aromatic amines is 1. The molecule has 0 aliphatic heterocycles. The van der Waals surface area contributed by atoms with E-state index in [1.807, 2.05) is 0 Å². The molecule has 32 heavy (non-hydrogen) atoms. The number of nitrogens with one attached hydrogen (secondary N) is 1. The second-order valence-electron chi connectivity index (χ2n) is 6.69. The first-order valence-corrected chi connectivity index (χ1v) is 9.34. The van der Waals surface area contributed by atoms with E-state index in [0.717, 1.165) is 12.3 Å². The van der Waals surface area contributed by atoms with Crippen molar-refractivity contribution in [3.05, 3.63) is 78.3 Å². The van der Waals surface area contributed by atoms with Crippen LogP contribution in [-0.2, 0) is 12.8 Å². The Morgan fingerprint density at radius 2 is 1.84 bits per heavy atom. The lowest BCUT2D eigenvalue weighted by atomic mass is 10.1. The number of rotatable bonds is 6. The lowest BCUT2D eigenvalue weighted by Gasteiger charge is -2.11. The van der Waals surface area contributed by atoms with E-state index in [0.29, 0.717) is 39.8 Å². The first kappa shape index (κ1) is 21.3. The van der Waals surface area contributed by atoms with Crippen molar-refractivity contribution in [3.63, 3.8) is 0 Å². The number of H-pyrrole nitrogens is 1. The molecule has 0 aliphatic rings. The number of aromatic nitrogens is 4. The first-order valence-electron chi connectivity index (χ1n) is 9.34. The molecule has 0 bridgehead atoms. The number of alkyl halides is 3. The summed E-state index contributed by atoms with van der Waals surface area (Å²) in [5.41, 5.74) is 1.44. The molecule has 0 saturated carbocycles. The Morgan fingerprint density at radius 3 is 2.50 bits per heavy atom. The van der Waals surface area contributed by atoms with Crippen LogP contribution in [0.1, 0.15) is 11.3 Å². The van der Waals surface area contributed by atoms with Crippen molar-refractivity contribution in [2.75, 3.05) is 7.11 Å². The fourth-order valence-electron chi connectivity index (χ4n) is 2.93. The Labute approximate surface area is 179 Å². The van der Waals surface area contributed by atoms with E-state index in [2.05, 4.69) is 19.9 Å². The van der Waals surface area contributed by atoms with Gasteiger partial charge in [-0.2, -0.15) is 17.6 Å². The molecule has 0 aliphatic carbocycles. The summed E-state index contributed by atoms with van der Waals surface area (Å²) in [4.78, 5) is 14.9. The number of methoxy groups -OCH3 is 1. The minimum absolute atomic E-state index is 0.00917. The van der Waals surface area contributed by atoms with Crippen LogP contribution in [0.4, 0.5) is 17.6 Å². The van der Waals surface area contributed by atoms with Crippen molar-refractivity contribution >= 4 is 0 Å². The normalized spacial score (nSPS) is 11.4. The maximum absolute atomic E-state index is 13.0. The average molecular weight is 444 g/mol. The van der Waals surface area contributed by atoms with E-state index in [9.17, 15) is 17.6 Å². The van der Waals surface area contributed by atoms with E-state index in [4.69, 9.17) is 9.47 Å². The monoisotopic (exact) mass is 444 g/mol. The Hall–Kier alpha value is -3.95. The number of halogens is 4. The van der Waals surface area contributed by atoms with Gasteiger partial charge in [0.2, 0.25) is 5.95 Å². The zero-order valence-corrected chi connectivity index (χ0v) is 16.7. The van der Waals surface area contributed by atoms with Crippen molar-refractivity contribution in [3.8, 4) is 34.1 Å². The molecule has 4 aromatic rings. The van der Waals surface area contributed by atoms with E-state index < -0.39 is 17.7 Å². The van der Waals surface area contributed by atoms with Gasteiger partial charge in [-0.3, -0.25) is 4.98 Å². The summed E-state index contributed by atoms with van der Waals surface area (Å²) in [6.07, 6.45) is -0.603. The minimum atomic E-state index is -4.44. The highest BCUT2D eigenvalue weighted by molar-refractivity contribution is 5.70. The van der Waals surface area contributed by atoms with E-state index in [1.54, 1.807) is 30.5 Å². The SMILES string of the molecule is COc1cc(OCc2ccc(C(F)(F)F)cn2)ccc1-c1c[nH]c(-c2ccc(F)nc2)n1. The summed E-state index contributed by atoms with van der Waals surface area (Å²) >= 11 is 0. The lowest BCUT2D eigenvalue weighted by Crippen LogP contribution is -2.06. The molecule has 1 N–H and O–H groups in total. The molecule has 6 nitrogen and oxygen atoms in total. The molecule has 0 atom stereocenters. The number of nitrogens with zero attached hydrogens (tertiary/aromatic N) is 3. The molecule has 0 amide bonds. The standard InChI is InChI=1S/C22H16F4N4O2/c1-31-19-8-16(32-12-15-4-3-14(10-27-15)22(24,25)26)5-6-17(19)18-11-29-21(30-18)13-2-7-20(23)28-9-13/h2-11H,12H2,1H3,(H,29,30). The fourth-order valence-corrected chi connectivity index (χ4v) is 2.93. The van der Waals surface area contributed by atoms with Crippen molar-refractivity contribution in [2.24, 2.45) is 0 Å². The quantitative estimate of drug-likeness (QED) is 0.324. The second-order valence-corrected chi connectivity index (χ2v) is 6.69. The van der Waals surface area contributed by atoms with Crippen LogP contribution in [0.5, 0.6) is 11.5 Å². The molecule has 4 rings (SSSR count). The molecule has 0 saturated heterocycles. The largest absolute Gasteiger partial charge is 0.496 e. The van der Waals surface area contributed by atoms with Crippen LogP contribution >= 0.6 is 0 Å². The predicted octanol–water partition coefficient (Wildman–Crippen LogP) is 5.28.